The van der Waals surface area contributed by atoms with E-state index in [1.807, 2.05) is 13.8 Å². The Kier molecular flexibility index (Phi) is 6.92. The van der Waals surface area contributed by atoms with Crippen LogP contribution in [0.15, 0.2) is 0 Å². The maximum atomic E-state index is 12.4. The molecule has 0 aliphatic carbocycles. The lowest BCUT2D eigenvalue weighted by Crippen LogP contribution is -2.61. The smallest absolute Gasteiger partial charge is 0.409 e. The fourth-order valence-corrected chi connectivity index (χ4v) is 4.47. The van der Waals surface area contributed by atoms with Crippen molar-refractivity contribution in [2.24, 2.45) is 5.92 Å². The molecule has 0 aromatic rings. The van der Waals surface area contributed by atoms with Gasteiger partial charge in [-0.3, -0.25) is 0 Å². The lowest BCUT2D eigenvalue weighted by molar-refractivity contribution is -0.0693. The average Bonchev–Trinajstić information content (AvgIpc) is 2.42. The molecule has 1 aliphatic rings. The molecule has 0 unspecified atom stereocenters. The molecule has 0 spiro atoms. The number of β-amino-alcohol motifs (C(OH)–C–C–N with tert-alkyl or cyclic N) is 1. The Morgan fingerprint density at radius 3 is 2.42 bits per heavy atom. The molecule has 0 aromatic heterocycles. The highest BCUT2D eigenvalue weighted by molar-refractivity contribution is 6.74. The summed E-state index contributed by atoms with van der Waals surface area (Å²) < 4.78 is 12.0. The van der Waals surface area contributed by atoms with Crippen molar-refractivity contribution in [3.05, 3.63) is 0 Å². The summed E-state index contributed by atoms with van der Waals surface area (Å²) in [5.41, 5.74) is -0.489. The van der Waals surface area contributed by atoms with Gasteiger partial charge in [0.25, 0.3) is 0 Å². The fourth-order valence-electron chi connectivity index (χ4n) is 2.79. The van der Waals surface area contributed by atoms with Crippen LogP contribution in [0.3, 0.4) is 0 Å². The predicted molar refractivity (Wildman–Crippen MR) is 99.7 cm³/mol. The van der Waals surface area contributed by atoms with Crippen molar-refractivity contribution < 1.29 is 19.1 Å². The Morgan fingerprint density at radius 1 is 1.38 bits per heavy atom. The second-order valence-electron chi connectivity index (χ2n) is 9.11. The molecule has 1 N–H and O–H groups in total. The van der Waals surface area contributed by atoms with Gasteiger partial charge in [-0.05, 0) is 30.5 Å². The number of piperidine rings is 1. The van der Waals surface area contributed by atoms with Crippen molar-refractivity contribution in [2.75, 3.05) is 19.7 Å². The van der Waals surface area contributed by atoms with E-state index in [1.165, 1.54) is 0 Å². The normalized spacial score (nSPS) is 25.9. The summed E-state index contributed by atoms with van der Waals surface area (Å²) in [7, 11) is -2.01. The lowest BCUT2D eigenvalue weighted by Gasteiger charge is -2.50. The molecule has 0 bridgehead atoms. The number of carbonyl (C=O) groups excluding carboxylic acids is 1. The van der Waals surface area contributed by atoms with Gasteiger partial charge in [-0.2, -0.15) is 0 Å². The first kappa shape index (κ1) is 21.4. The van der Waals surface area contributed by atoms with E-state index < -0.39 is 20.0 Å². The average molecular weight is 360 g/mol. The van der Waals surface area contributed by atoms with Crippen LogP contribution in [0, 0.1) is 5.92 Å². The van der Waals surface area contributed by atoms with Crippen molar-refractivity contribution >= 4 is 14.4 Å². The topological polar surface area (TPSA) is 59.0 Å². The number of amides is 1. The number of aliphatic hydroxyl groups is 1. The number of likely N-dealkylation sites (tertiary alicyclic amines) is 1. The molecule has 0 radical (unpaired) electrons. The van der Waals surface area contributed by atoms with Crippen LogP contribution >= 0.6 is 0 Å². The van der Waals surface area contributed by atoms with Crippen LogP contribution in [0.25, 0.3) is 0 Å². The summed E-state index contributed by atoms with van der Waals surface area (Å²) in [5, 5.41) is 10.4. The zero-order chi connectivity index (χ0) is 18.8. The summed E-state index contributed by atoms with van der Waals surface area (Å²) >= 11 is 0. The van der Waals surface area contributed by atoms with Crippen molar-refractivity contribution in [3.63, 3.8) is 0 Å². The molecule has 1 amide bonds. The van der Waals surface area contributed by atoms with E-state index in [4.69, 9.17) is 9.16 Å². The van der Waals surface area contributed by atoms with Gasteiger partial charge in [0, 0.05) is 6.42 Å². The van der Waals surface area contributed by atoms with Crippen LogP contribution in [0.5, 0.6) is 0 Å². The predicted octanol–water partition coefficient (Wildman–Crippen LogP) is 4.02. The molecule has 24 heavy (non-hydrogen) atoms. The van der Waals surface area contributed by atoms with Crippen LogP contribution in [0.2, 0.25) is 18.1 Å². The molecular formula is C18H37NO4Si. The van der Waals surface area contributed by atoms with Crippen LogP contribution in [0.1, 0.15) is 54.4 Å². The third kappa shape index (κ3) is 5.46. The summed E-state index contributed by atoms with van der Waals surface area (Å²) in [5.74, 6) is 0.295. The number of carbonyl (C=O) groups is 1. The number of nitrogens with zero attached hydrogens (tertiary/aromatic N) is 1. The number of rotatable bonds is 5. The molecule has 1 heterocycles. The van der Waals surface area contributed by atoms with Gasteiger partial charge in [-0.25, -0.2) is 4.79 Å². The SMILES string of the molecule is CC[C@@]1(O[Si](C)(C)C(C)(C)C)C[C@@H](O)CN(C(=O)OCC(C)C)C1. The van der Waals surface area contributed by atoms with Crippen molar-refractivity contribution in [3.8, 4) is 0 Å². The zero-order valence-corrected chi connectivity index (χ0v) is 17.8. The third-order valence-electron chi connectivity index (χ3n) is 5.24. The maximum Gasteiger partial charge on any atom is 0.409 e. The first-order valence-corrected chi connectivity index (χ1v) is 12.0. The van der Waals surface area contributed by atoms with Gasteiger partial charge >= 0.3 is 6.09 Å². The minimum Gasteiger partial charge on any atom is -0.449 e. The third-order valence-corrected chi connectivity index (χ3v) is 9.79. The molecular weight excluding hydrogens is 322 g/mol. The zero-order valence-electron chi connectivity index (χ0n) is 16.8. The molecule has 0 aromatic carbocycles. The van der Waals surface area contributed by atoms with E-state index in [9.17, 15) is 9.90 Å². The van der Waals surface area contributed by atoms with E-state index in [-0.39, 0.29) is 11.1 Å². The molecule has 1 saturated heterocycles. The van der Waals surface area contributed by atoms with Gasteiger partial charge in [0.1, 0.15) is 0 Å². The van der Waals surface area contributed by atoms with Crippen molar-refractivity contribution in [1.82, 2.24) is 4.90 Å². The summed E-state index contributed by atoms with van der Waals surface area (Å²) in [6, 6.07) is 0. The van der Waals surface area contributed by atoms with Crippen LogP contribution in [0.4, 0.5) is 4.79 Å². The maximum absolute atomic E-state index is 12.4. The Hall–Kier alpha value is -0.593. The Labute approximate surface area is 148 Å². The number of aliphatic hydroxyl groups excluding tert-OH is 1. The fraction of sp³-hybridized carbons (Fsp3) is 0.944. The Balaban J connectivity index is 2.92. The van der Waals surface area contributed by atoms with Crippen LogP contribution in [-0.2, 0) is 9.16 Å². The second-order valence-corrected chi connectivity index (χ2v) is 13.8. The summed E-state index contributed by atoms with van der Waals surface area (Å²) in [4.78, 5) is 14.0. The van der Waals surface area contributed by atoms with E-state index in [0.29, 0.717) is 32.0 Å². The largest absolute Gasteiger partial charge is 0.449 e. The van der Waals surface area contributed by atoms with Crippen LogP contribution < -0.4 is 0 Å². The van der Waals surface area contributed by atoms with Gasteiger partial charge in [-0.1, -0.05) is 41.5 Å². The number of ether oxygens (including phenoxy) is 1. The molecule has 2 atom stereocenters. The van der Waals surface area contributed by atoms with E-state index >= 15 is 0 Å². The van der Waals surface area contributed by atoms with Crippen LogP contribution in [-0.4, -0.2) is 55.8 Å². The quantitative estimate of drug-likeness (QED) is 0.753. The minimum absolute atomic E-state index is 0.0839. The molecule has 0 saturated carbocycles. The molecule has 1 fully saturated rings. The van der Waals surface area contributed by atoms with Gasteiger partial charge in [0.2, 0.25) is 0 Å². The lowest BCUT2D eigenvalue weighted by atomic mass is 9.89. The molecule has 142 valence electrons. The standard InChI is InChI=1S/C18H37NO4Si/c1-9-18(23-24(7,8)17(4,5)6)10-15(20)11-19(13-18)16(21)22-12-14(2)3/h14-15,20H,9-13H2,1-8H3/t15-,18-/m1/s1. The highest BCUT2D eigenvalue weighted by atomic mass is 28.4. The van der Waals surface area contributed by atoms with Gasteiger partial charge in [0.05, 0.1) is 31.4 Å². The highest BCUT2D eigenvalue weighted by Crippen LogP contribution is 2.42. The van der Waals surface area contributed by atoms with Gasteiger partial charge in [0.15, 0.2) is 8.32 Å². The molecule has 6 heteroatoms. The number of hydrogen-bond donors (Lipinski definition) is 1. The Bertz CT molecular complexity index is 433. The second kappa shape index (κ2) is 7.75. The van der Waals surface area contributed by atoms with Gasteiger partial charge in [-0.15, -0.1) is 0 Å². The van der Waals surface area contributed by atoms with E-state index in [2.05, 4.69) is 40.8 Å². The van der Waals surface area contributed by atoms with Crippen molar-refractivity contribution in [1.29, 1.82) is 0 Å². The summed E-state index contributed by atoms with van der Waals surface area (Å²) in [6.45, 7) is 18.3. The molecule has 1 rings (SSSR count). The molecule has 1 aliphatic heterocycles. The molecule has 5 nitrogen and oxygen atoms in total. The summed E-state index contributed by atoms with van der Waals surface area (Å²) in [6.07, 6.45) is 0.420. The minimum atomic E-state index is -2.01. The monoisotopic (exact) mass is 359 g/mol. The Morgan fingerprint density at radius 2 is 1.96 bits per heavy atom. The van der Waals surface area contributed by atoms with E-state index in [0.717, 1.165) is 6.42 Å². The van der Waals surface area contributed by atoms with Crippen molar-refractivity contribution in [2.45, 2.75) is 84.2 Å². The number of hydrogen-bond acceptors (Lipinski definition) is 4. The highest BCUT2D eigenvalue weighted by Gasteiger charge is 2.48. The van der Waals surface area contributed by atoms with Gasteiger partial charge < -0.3 is 19.2 Å². The van der Waals surface area contributed by atoms with E-state index in [1.54, 1.807) is 4.90 Å². The first-order valence-electron chi connectivity index (χ1n) is 9.12. The first-order chi connectivity index (χ1) is 10.8.